The van der Waals surface area contributed by atoms with E-state index < -0.39 is 0 Å². The van der Waals surface area contributed by atoms with Gasteiger partial charge in [0, 0.05) is 32.7 Å². The third kappa shape index (κ3) is 3.46. The molecule has 0 amide bonds. The van der Waals surface area contributed by atoms with Gasteiger partial charge >= 0.3 is 0 Å². The summed E-state index contributed by atoms with van der Waals surface area (Å²) in [6, 6.07) is 0. The number of ether oxygens (including phenoxy) is 1. The van der Waals surface area contributed by atoms with Crippen molar-refractivity contribution in [2.45, 2.75) is 45.3 Å². The van der Waals surface area contributed by atoms with Gasteiger partial charge in [0.15, 0.2) is 0 Å². The zero-order valence-electron chi connectivity index (χ0n) is 13.0. The third-order valence-electron chi connectivity index (χ3n) is 3.78. The fourth-order valence-corrected chi connectivity index (χ4v) is 2.62. The van der Waals surface area contributed by atoms with Crippen LogP contribution in [0.3, 0.4) is 0 Å². The minimum absolute atomic E-state index is 0.316. The molecular formula is C15H26N4O. The van der Waals surface area contributed by atoms with E-state index in [1.165, 1.54) is 0 Å². The lowest BCUT2D eigenvalue weighted by atomic mass is 10.1. The van der Waals surface area contributed by atoms with Crippen LogP contribution >= 0.6 is 0 Å². The van der Waals surface area contributed by atoms with Gasteiger partial charge in [0.05, 0.1) is 23.7 Å². The molecule has 1 aromatic rings. The highest BCUT2D eigenvalue weighted by molar-refractivity contribution is 5.49. The van der Waals surface area contributed by atoms with Crippen LogP contribution in [0.15, 0.2) is 6.20 Å². The van der Waals surface area contributed by atoms with E-state index in [9.17, 15) is 0 Å². The van der Waals surface area contributed by atoms with Crippen molar-refractivity contribution in [3.63, 3.8) is 0 Å². The first-order valence-corrected chi connectivity index (χ1v) is 7.43. The van der Waals surface area contributed by atoms with Gasteiger partial charge in [0.25, 0.3) is 0 Å². The highest BCUT2D eigenvalue weighted by Crippen LogP contribution is 2.24. The van der Waals surface area contributed by atoms with Crippen LogP contribution in [0, 0.1) is 0 Å². The zero-order chi connectivity index (χ0) is 14.5. The monoisotopic (exact) mass is 278 g/mol. The molecule has 0 aliphatic carbocycles. The van der Waals surface area contributed by atoms with Gasteiger partial charge in [-0.2, -0.15) is 0 Å². The second-order valence-corrected chi connectivity index (χ2v) is 5.69. The van der Waals surface area contributed by atoms with Crippen molar-refractivity contribution in [3.05, 3.63) is 17.7 Å². The Labute approximate surface area is 121 Å². The Bertz CT molecular complexity index is 436. The van der Waals surface area contributed by atoms with Crippen molar-refractivity contribution < 1.29 is 4.74 Å². The third-order valence-corrected chi connectivity index (χ3v) is 3.78. The van der Waals surface area contributed by atoms with Crippen molar-refractivity contribution in [1.29, 1.82) is 0 Å². The molecule has 1 unspecified atom stereocenters. The van der Waals surface area contributed by atoms with Gasteiger partial charge in [-0.3, -0.25) is 0 Å². The van der Waals surface area contributed by atoms with Gasteiger partial charge in [-0.1, -0.05) is 13.8 Å². The Hall–Kier alpha value is -1.20. The van der Waals surface area contributed by atoms with Crippen LogP contribution in [-0.4, -0.2) is 43.3 Å². The van der Waals surface area contributed by atoms with Gasteiger partial charge in [0.1, 0.15) is 5.82 Å². The molecule has 20 heavy (non-hydrogen) atoms. The van der Waals surface area contributed by atoms with Crippen molar-refractivity contribution in [2.24, 2.45) is 0 Å². The van der Waals surface area contributed by atoms with Crippen molar-refractivity contribution in [3.8, 4) is 0 Å². The molecule has 1 N–H and O–H groups in total. The van der Waals surface area contributed by atoms with E-state index >= 15 is 0 Å². The number of hydrogen-bond acceptors (Lipinski definition) is 5. The Kier molecular flexibility index (Phi) is 5.31. The summed E-state index contributed by atoms with van der Waals surface area (Å²) in [6.45, 7) is 7.00. The number of piperidine rings is 1. The molecule has 0 radical (unpaired) electrons. The predicted molar refractivity (Wildman–Crippen MR) is 81.1 cm³/mol. The van der Waals surface area contributed by atoms with Crippen LogP contribution in [0.5, 0.6) is 0 Å². The predicted octanol–water partition coefficient (Wildman–Crippen LogP) is 1.93. The minimum atomic E-state index is 0.316. The maximum Gasteiger partial charge on any atom is 0.131 e. The first-order chi connectivity index (χ1) is 9.65. The first-order valence-electron chi connectivity index (χ1n) is 7.43. The summed E-state index contributed by atoms with van der Waals surface area (Å²) >= 11 is 0. The summed E-state index contributed by atoms with van der Waals surface area (Å²) in [5.41, 5.74) is 2.23. The molecule has 1 atom stereocenters. The summed E-state index contributed by atoms with van der Waals surface area (Å²) in [4.78, 5) is 11.6. The number of rotatable bonds is 5. The van der Waals surface area contributed by atoms with Gasteiger partial charge in [-0.15, -0.1) is 0 Å². The van der Waals surface area contributed by atoms with E-state index in [1.807, 2.05) is 13.2 Å². The SMILES string of the molecule is CNCc1nc(C(C)C)ncc1N1CCCC(OC)C1. The molecule has 112 valence electrons. The Morgan fingerprint density at radius 3 is 2.95 bits per heavy atom. The molecule has 5 heteroatoms. The fraction of sp³-hybridized carbons (Fsp3) is 0.733. The molecule has 1 fully saturated rings. The van der Waals surface area contributed by atoms with Crippen LogP contribution in [0.1, 0.15) is 44.1 Å². The molecule has 1 saturated heterocycles. The summed E-state index contributed by atoms with van der Waals surface area (Å²) in [5.74, 6) is 1.27. The van der Waals surface area contributed by atoms with Gasteiger partial charge in [-0.25, -0.2) is 9.97 Å². The largest absolute Gasteiger partial charge is 0.380 e. The fourth-order valence-electron chi connectivity index (χ4n) is 2.62. The molecule has 2 heterocycles. The summed E-state index contributed by atoms with van der Waals surface area (Å²) < 4.78 is 5.51. The lowest BCUT2D eigenvalue weighted by molar-refractivity contribution is 0.0892. The van der Waals surface area contributed by atoms with E-state index in [2.05, 4.69) is 29.0 Å². The highest BCUT2D eigenvalue weighted by Gasteiger charge is 2.22. The zero-order valence-corrected chi connectivity index (χ0v) is 13.0. The quantitative estimate of drug-likeness (QED) is 0.892. The second kappa shape index (κ2) is 6.99. The molecule has 0 bridgehead atoms. The number of nitrogens with zero attached hydrogens (tertiary/aromatic N) is 3. The Morgan fingerprint density at radius 1 is 1.50 bits per heavy atom. The average molecular weight is 278 g/mol. The van der Waals surface area contributed by atoms with Gasteiger partial charge in [-0.05, 0) is 19.9 Å². The number of nitrogens with one attached hydrogen (secondary N) is 1. The van der Waals surface area contributed by atoms with Crippen LogP contribution in [0.25, 0.3) is 0 Å². The lowest BCUT2D eigenvalue weighted by Crippen LogP contribution is -2.40. The second-order valence-electron chi connectivity index (χ2n) is 5.69. The molecular weight excluding hydrogens is 252 g/mol. The smallest absolute Gasteiger partial charge is 0.131 e. The number of hydrogen-bond donors (Lipinski definition) is 1. The van der Waals surface area contributed by atoms with Gasteiger partial charge in [0.2, 0.25) is 0 Å². The minimum Gasteiger partial charge on any atom is -0.380 e. The summed E-state index contributed by atoms with van der Waals surface area (Å²) in [6.07, 6.45) is 4.59. The van der Waals surface area contributed by atoms with E-state index in [1.54, 1.807) is 7.11 Å². The topological polar surface area (TPSA) is 50.3 Å². The van der Waals surface area contributed by atoms with E-state index in [0.29, 0.717) is 12.0 Å². The number of anilines is 1. The van der Waals surface area contributed by atoms with E-state index in [-0.39, 0.29) is 0 Å². The van der Waals surface area contributed by atoms with Gasteiger partial charge < -0.3 is 15.0 Å². The number of aromatic nitrogens is 2. The normalized spacial score (nSPS) is 19.6. The molecule has 5 nitrogen and oxygen atoms in total. The molecule has 0 aromatic carbocycles. The van der Waals surface area contributed by atoms with E-state index in [0.717, 1.165) is 49.7 Å². The Balaban J connectivity index is 2.25. The van der Waals surface area contributed by atoms with Crippen LogP contribution in [0.4, 0.5) is 5.69 Å². The average Bonchev–Trinajstić information content (AvgIpc) is 2.47. The summed E-state index contributed by atoms with van der Waals surface area (Å²) in [5, 5.41) is 3.21. The van der Waals surface area contributed by atoms with Crippen molar-refractivity contribution >= 4 is 5.69 Å². The maximum absolute atomic E-state index is 5.51. The molecule has 2 rings (SSSR count). The Morgan fingerprint density at radius 2 is 2.30 bits per heavy atom. The number of methoxy groups -OCH3 is 1. The standard InChI is InChI=1S/C15H26N4O/c1-11(2)15-17-9-14(13(18-15)8-16-3)19-7-5-6-12(10-19)20-4/h9,11-12,16H,5-8,10H2,1-4H3. The lowest BCUT2D eigenvalue weighted by Gasteiger charge is -2.34. The van der Waals surface area contributed by atoms with Crippen molar-refractivity contribution in [1.82, 2.24) is 15.3 Å². The maximum atomic E-state index is 5.51. The van der Waals surface area contributed by atoms with Crippen LogP contribution in [-0.2, 0) is 11.3 Å². The highest BCUT2D eigenvalue weighted by atomic mass is 16.5. The summed E-state index contributed by atoms with van der Waals surface area (Å²) in [7, 11) is 3.75. The molecule has 0 spiro atoms. The van der Waals surface area contributed by atoms with Crippen molar-refractivity contribution in [2.75, 3.05) is 32.1 Å². The molecule has 1 aliphatic heterocycles. The molecule has 0 saturated carbocycles. The molecule has 1 aliphatic rings. The van der Waals surface area contributed by atoms with Crippen LogP contribution < -0.4 is 10.2 Å². The van der Waals surface area contributed by atoms with Crippen LogP contribution in [0.2, 0.25) is 0 Å². The molecule has 1 aromatic heterocycles. The van der Waals surface area contributed by atoms with E-state index in [4.69, 9.17) is 9.72 Å². The first kappa shape index (κ1) is 15.2.